The quantitative estimate of drug-likeness (QED) is 0.0133. The molecule has 17 nitrogen and oxygen atoms in total. The third kappa shape index (κ3) is 33.0. The second-order valence-corrected chi connectivity index (χ2v) is 20.5. The minimum Gasteiger partial charge on any atom is -0.462 e. The van der Waals surface area contributed by atoms with Gasteiger partial charge < -0.3 is 44.6 Å². The van der Waals surface area contributed by atoms with E-state index in [9.17, 15) is 48.8 Å². The molecule has 1 aliphatic carbocycles. The van der Waals surface area contributed by atoms with Gasteiger partial charge in [0.2, 0.25) is 0 Å². The molecule has 0 aliphatic heterocycles. The summed E-state index contributed by atoms with van der Waals surface area (Å²) in [4.78, 5) is 65.9. The Kier molecular flexibility index (Phi) is 33.6. The molecule has 0 saturated heterocycles. The fourth-order valence-corrected chi connectivity index (χ4v) is 8.74. The molecule has 0 aromatic rings. The van der Waals surface area contributed by atoms with E-state index in [0.717, 1.165) is 50.9 Å². The SMILES string of the molecule is CCCCC[C@H](O)/C=C/[C@@H]1[C@@H](CC(=O)CCCCC(=O)OC[C@H](COP(=O)(O)OC[C@@H](O)COP(=O)(O)O)OC(=O)CCCCCCCCCCCCCCCC(C)C)[C@@H](O)C[C@H]1O. The van der Waals surface area contributed by atoms with E-state index in [4.69, 9.17) is 23.8 Å². The van der Waals surface area contributed by atoms with E-state index in [2.05, 4.69) is 29.8 Å². The van der Waals surface area contributed by atoms with Crippen molar-refractivity contribution >= 4 is 33.4 Å². The van der Waals surface area contributed by atoms with Crippen molar-refractivity contribution in [2.45, 2.75) is 212 Å². The second kappa shape index (κ2) is 35.5. The highest BCUT2D eigenvalue weighted by molar-refractivity contribution is 7.47. The highest BCUT2D eigenvalue weighted by Crippen LogP contribution is 2.44. The molecular formula is C45H84O17P2. The summed E-state index contributed by atoms with van der Waals surface area (Å²) >= 11 is 0. The van der Waals surface area contributed by atoms with Gasteiger partial charge in [0.1, 0.15) is 18.5 Å². The maximum absolute atomic E-state index is 12.9. The van der Waals surface area contributed by atoms with E-state index in [0.29, 0.717) is 19.3 Å². The molecule has 0 heterocycles. The molecule has 1 rings (SSSR count). The lowest BCUT2D eigenvalue weighted by Crippen LogP contribution is -2.30. The zero-order chi connectivity index (χ0) is 47.8. The minimum atomic E-state index is -4.91. The summed E-state index contributed by atoms with van der Waals surface area (Å²) in [6.45, 7) is 3.56. The molecule has 0 aromatic carbocycles. The first-order chi connectivity index (χ1) is 30.3. The van der Waals surface area contributed by atoms with E-state index >= 15 is 0 Å². The molecule has 8 atom stereocenters. The fourth-order valence-electron chi connectivity index (χ4n) is 7.59. The minimum absolute atomic E-state index is 0.0360. The van der Waals surface area contributed by atoms with Gasteiger partial charge in [0.25, 0.3) is 0 Å². The summed E-state index contributed by atoms with van der Waals surface area (Å²) in [6.07, 6.45) is 18.4. The maximum Gasteiger partial charge on any atom is 0.472 e. The Balaban J connectivity index is 2.54. The van der Waals surface area contributed by atoms with E-state index in [1.807, 2.05) is 0 Å². The molecule has 7 N–H and O–H groups in total. The normalized spacial score (nSPS) is 20.4. The van der Waals surface area contributed by atoms with Crippen molar-refractivity contribution in [3.05, 3.63) is 12.2 Å². The van der Waals surface area contributed by atoms with E-state index in [1.54, 1.807) is 12.2 Å². The molecule has 0 bridgehead atoms. The van der Waals surface area contributed by atoms with Gasteiger partial charge in [-0.3, -0.25) is 28.0 Å². The molecule has 64 heavy (non-hydrogen) atoms. The summed E-state index contributed by atoms with van der Waals surface area (Å²) in [6, 6.07) is 0. The second-order valence-electron chi connectivity index (χ2n) is 17.8. The van der Waals surface area contributed by atoms with Crippen molar-refractivity contribution in [3.8, 4) is 0 Å². The van der Waals surface area contributed by atoms with Crippen molar-refractivity contribution in [2.75, 3.05) is 26.4 Å². The number of hydrogen-bond acceptors (Lipinski definition) is 14. The number of esters is 2. The van der Waals surface area contributed by atoms with Crippen LogP contribution in [0.4, 0.5) is 0 Å². The summed E-state index contributed by atoms with van der Waals surface area (Å²) in [5.41, 5.74) is 0. The Morgan fingerprint density at radius 2 is 1.16 bits per heavy atom. The van der Waals surface area contributed by atoms with Gasteiger partial charge >= 0.3 is 27.6 Å². The van der Waals surface area contributed by atoms with Crippen LogP contribution >= 0.6 is 15.6 Å². The Morgan fingerprint density at radius 1 is 0.641 bits per heavy atom. The molecular weight excluding hydrogens is 874 g/mol. The predicted octanol–water partition coefficient (Wildman–Crippen LogP) is 7.93. The topological polar surface area (TPSA) is 273 Å². The van der Waals surface area contributed by atoms with Crippen LogP contribution in [0.2, 0.25) is 0 Å². The lowest BCUT2D eigenvalue weighted by atomic mass is 9.87. The van der Waals surface area contributed by atoms with Crippen LogP contribution in [0.5, 0.6) is 0 Å². The number of aliphatic hydroxyl groups is 4. The van der Waals surface area contributed by atoms with Gasteiger partial charge in [-0.25, -0.2) is 9.13 Å². The molecule has 0 radical (unpaired) electrons. The van der Waals surface area contributed by atoms with Crippen molar-refractivity contribution < 1.29 is 81.7 Å². The Labute approximate surface area is 382 Å². The number of hydrogen-bond donors (Lipinski definition) is 7. The smallest absolute Gasteiger partial charge is 0.462 e. The van der Waals surface area contributed by atoms with Crippen LogP contribution in [-0.4, -0.2) is 110 Å². The molecule has 1 saturated carbocycles. The largest absolute Gasteiger partial charge is 0.472 e. The first-order valence-electron chi connectivity index (χ1n) is 23.9. The van der Waals surface area contributed by atoms with Gasteiger partial charge in [0.15, 0.2) is 6.10 Å². The standard InChI is InChI=1S/C45H84O17P2/c1-4-5-17-23-36(46)27-28-40-41(43(50)30-42(40)49)29-37(47)24-20-21-25-44(51)58-33-39(34-61-64(56,57)60-32-38(48)31-59-63(53,54)55)62-45(52)26-19-16-14-12-10-8-6-7-9-11-13-15-18-22-35(2)3/h27-28,35-36,38-43,46,48-50H,4-26,29-34H2,1-3H3,(H,56,57)(H2,53,54,55)/b28-27+/t36-,38-,39+,40+,41+,42+,43-/m0/s1. The number of rotatable bonds is 41. The predicted molar refractivity (Wildman–Crippen MR) is 242 cm³/mol. The van der Waals surface area contributed by atoms with Gasteiger partial charge in [-0.05, 0) is 31.6 Å². The number of carbonyl (C=O) groups excluding carboxylic acids is 3. The first-order valence-corrected chi connectivity index (χ1v) is 26.9. The van der Waals surface area contributed by atoms with Gasteiger partial charge in [0.05, 0.1) is 38.1 Å². The van der Waals surface area contributed by atoms with Crippen LogP contribution < -0.4 is 0 Å². The number of unbranched alkanes of at least 4 members (excludes halogenated alkanes) is 15. The number of ketones is 1. The molecule has 1 aliphatic rings. The van der Waals surface area contributed by atoms with E-state index in [-0.39, 0.29) is 44.3 Å². The van der Waals surface area contributed by atoms with Gasteiger partial charge in [-0.2, -0.15) is 0 Å². The maximum atomic E-state index is 12.9. The van der Waals surface area contributed by atoms with E-state index < -0.39 is 96.4 Å². The Hall–Kier alpha value is -1.59. The van der Waals surface area contributed by atoms with E-state index in [1.165, 1.54) is 57.8 Å². The van der Waals surface area contributed by atoms with Crippen molar-refractivity contribution in [2.24, 2.45) is 17.8 Å². The fraction of sp³-hybridized carbons (Fsp3) is 0.889. The zero-order valence-electron chi connectivity index (χ0n) is 38.9. The number of phosphoric ester groups is 2. The first kappa shape index (κ1) is 60.4. The van der Waals surface area contributed by atoms with Crippen LogP contribution in [0.1, 0.15) is 181 Å². The summed E-state index contributed by atoms with van der Waals surface area (Å²) < 4.78 is 47.8. The van der Waals surface area contributed by atoms with Crippen LogP contribution in [0.15, 0.2) is 12.2 Å². The van der Waals surface area contributed by atoms with Gasteiger partial charge in [0, 0.05) is 43.9 Å². The molecule has 1 unspecified atom stereocenters. The number of Topliss-reactive ketones (excluding diaryl/α,β-unsaturated/α-hetero) is 1. The highest BCUT2D eigenvalue weighted by Gasteiger charge is 2.41. The van der Waals surface area contributed by atoms with Crippen LogP contribution in [-0.2, 0) is 46.6 Å². The average Bonchev–Trinajstić information content (AvgIpc) is 3.49. The Morgan fingerprint density at radius 3 is 1.75 bits per heavy atom. The monoisotopic (exact) mass is 959 g/mol. The number of phosphoric acid groups is 2. The Bertz CT molecular complexity index is 1370. The molecule has 0 amide bonds. The summed E-state index contributed by atoms with van der Waals surface area (Å²) in [5, 5.41) is 41.1. The molecule has 376 valence electrons. The van der Waals surface area contributed by atoms with Crippen molar-refractivity contribution in [1.29, 1.82) is 0 Å². The number of carbonyl (C=O) groups is 3. The van der Waals surface area contributed by atoms with Crippen LogP contribution in [0, 0.1) is 17.8 Å². The molecule has 19 heteroatoms. The number of ether oxygens (including phenoxy) is 2. The third-order valence-electron chi connectivity index (χ3n) is 11.3. The average molecular weight is 959 g/mol. The zero-order valence-corrected chi connectivity index (χ0v) is 40.7. The van der Waals surface area contributed by atoms with Gasteiger partial charge in [-0.15, -0.1) is 0 Å². The summed E-state index contributed by atoms with van der Waals surface area (Å²) in [7, 11) is -9.80. The molecule has 1 fully saturated rings. The third-order valence-corrected chi connectivity index (χ3v) is 12.7. The van der Waals surface area contributed by atoms with Crippen LogP contribution in [0.3, 0.4) is 0 Å². The lowest BCUT2D eigenvalue weighted by Gasteiger charge is -2.21. The number of aliphatic hydroxyl groups excluding tert-OH is 4. The van der Waals surface area contributed by atoms with Crippen LogP contribution in [0.25, 0.3) is 0 Å². The molecule has 0 aromatic heterocycles. The van der Waals surface area contributed by atoms with Crippen molar-refractivity contribution in [3.63, 3.8) is 0 Å². The van der Waals surface area contributed by atoms with Gasteiger partial charge in [-0.1, -0.05) is 136 Å². The van der Waals surface area contributed by atoms with Crippen molar-refractivity contribution in [1.82, 2.24) is 0 Å². The summed E-state index contributed by atoms with van der Waals surface area (Å²) in [5.74, 6) is -1.64. The lowest BCUT2D eigenvalue weighted by molar-refractivity contribution is -0.161. The highest BCUT2D eigenvalue weighted by atomic mass is 31.2. The molecule has 0 spiro atoms.